The summed E-state index contributed by atoms with van der Waals surface area (Å²) in [6.07, 6.45) is 2.20. The molecule has 0 saturated carbocycles. The molecule has 0 spiro atoms. The molecule has 3 heterocycles. The van der Waals surface area contributed by atoms with Crippen LogP contribution in [-0.2, 0) is 6.54 Å². The van der Waals surface area contributed by atoms with Crippen LogP contribution in [0.4, 0.5) is 0 Å². The van der Waals surface area contributed by atoms with E-state index in [-0.39, 0.29) is 5.69 Å². The smallest absolute Gasteiger partial charge is 0.317 e. The van der Waals surface area contributed by atoms with Gasteiger partial charge in [-0.05, 0) is 32.0 Å². The fourth-order valence-electron chi connectivity index (χ4n) is 2.40. The molecule has 0 atom stereocenters. The first-order valence-corrected chi connectivity index (χ1v) is 6.78. The molecule has 2 aliphatic heterocycles. The highest BCUT2D eigenvalue weighted by molar-refractivity contribution is 7.99. The zero-order chi connectivity index (χ0) is 11.0. The maximum Gasteiger partial charge on any atom is 0.348 e. The van der Waals surface area contributed by atoms with Crippen LogP contribution in [0.3, 0.4) is 0 Å². The molecule has 0 amide bonds. The summed E-state index contributed by atoms with van der Waals surface area (Å²) in [4.78, 5) is 16.0. The molecular weight excluding hydrogens is 222 g/mol. The van der Waals surface area contributed by atoms with Gasteiger partial charge in [-0.2, -0.15) is 4.98 Å². The third kappa shape index (κ3) is 1.78. The van der Waals surface area contributed by atoms with Crippen molar-refractivity contribution in [2.45, 2.75) is 30.3 Å². The monoisotopic (exact) mass is 237 g/mol. The minimum absolute atomic E-state index is 0.0592. The molecule has 2 aliphatic rings. The van der Waals surface area contributed by atoms with E-state index in [1.807, 2.05) is 0 Å². The molecule has 1 N–H and O–H groups in total. The molecule has 0 radical (unpaired) electrons. The summed E-state index contributed by atoms with van der Waals surface area (Å²) < 4.78 is 1.79. The minimum Gasteiger partial charge on any atom is -0.317 e. The molecule has 1 saturated heterocycles. The fourth-order valence-corrected chi connectivity index (χ4v) is 3.41. The Morgan fingerprint density at radius 1 is 1.44 bits per heavy atom. The standard InChI is InChI=1S/C11H15N3OS/c15-11-13-9(8-1-3-12-4-2-8)7-10-14(11)5-6-16-10/h7-8,12H,1-6H2. The summed E-state index contributed by atoms with van der Waals surface area (Å²) in [5.41, 5.74) is 0.947. The topological polar surface area (TPSA) is 46.9 Å². The highest BCUT2D eigenvalue weighted by Crippen LogP contribution is 2.28. The molecule has 0 aliphatic carbocycles. The number of nitrogens with one attached hydrogen (secondary N) is 1. The summed E-state index contributed by atoms with van der Waals surface area (Å²) in [5.74, 6) is 1.48. The number of rotatable bonds is 1. The van der Waals surface area contributed by atoms with Gasteiger partial charge in [-0.3, -0.25) is 4.57 Å². The second-order valence-corrected chi connectivity index (χ2v) is 5.44. The molecule has 5 heteroatoms. The van der Waals surface area contributed by atoms with Crippen molar-refractivity contribution >= 4 is 11.8 Å². The van der Waals surface area contributed by atoms with Crippen molar-refractivity contribution in [2.75, 3.05) is 18.8 Å². The van der Waals surface area contributed by atoms with Crippen LogP contribution in [0.5, 0.6) is 0 Å². The van der Waals surface area contributed by atoms with Gasteiger partial charge in [0.2, 0.25) is 0 Å². The van der Waals surface area contributed by atoms with Gasteiger partial charge in [0.05, 0.1) is 10.7 Å². The molecule has 16 heavy (non-hydrogen) atoms. The number of hydrogen-bond acceptors (Lipinski definition) is 4. The van der Waals surface area contributed by atoms with E-state index in [4.69, 9.17) is 0 Å². The lowest BCUT2D eigenvalue weighted by atomic mass is 9.94. The van der Waals surface area contributed by atoms with Crippen LogP contribution in [0, 0.1) is 0 Å². The van der Waals surface area contributed by atoms with E-state index in [1.54, 1.807) is 16.3 Å². The summed E-state index contributed by atoms with van der Waals surface area (Å²) in [6.45, 7) is 2.90. The maximum absolute atomic E-state index is 11.8. The van der Waals surface area contributed by atoms with Gasteiger partial charge >= 0.3 is 5.69 Å². The van der Waals surface area contributed by atoms with E-state index in [2.05, 4.69) is 16.4 Å². The molecule has 0 aromatic carbocycles. The Kier molecular flexibility index (Phi) is 2.73. The predicted octanol–water partition coefficient (Wildman–Crippen LogP) is 0.816. The van der Waals surface area contributed by atoms with Crippen LogP contribution in [0.1, 0.15) is 24.5 Å². The Bertz CT molecular complexity index is 451. The lowest BCUT2D eigenvalue weighted by Crippen LogP contribution is -2.30. The van der Waals surface area contributed by atoms with Gasteiger partial charge in [0, 0.05) is 18.2 Å². The normalized spacial score (nSPS) is 21.0. The van der Waals surface area contributed by atoms with Crippen LogP contribution in [0.25, 0.3) is 0 Å². The van der Waals surface area contributed by atoms with Gasteiger partial charge in [0.25, 0.3) is 0 Å². The van der Waals surface area contributed by atoms with Crippen molar-refractivity contribution in [2.24, 2.45) is 0 Å². The molecule has 3 rings (SSSR count). The molecule has 1 fully saturated rings. The van der Waals surface area contributed by atoms with Crippen LogP contribution in [-0.4, -0.2) is 28.4 Å². The van der Waals surface area contributed by atoms with Gasteiger partial charge in [-0.15, -0.1) is 11.8 Å². The molecule has 1 aromatic heterocycles. The molecule has 86 valence electrons. The van der Waals surface area contributed by atoms with E-state index in [0.29, 0.717) is 5.92 Å². The summed E-state index contributed by atoms with van der Waals surface area (Å²) in [5, 5.41) is 4.44. The Labute approximate surface area is 98.5 Å². The summed E-state index contributed by atoms with van der Waals surface area (Å²) in [7, 11) is 0. The zero-order valence-corrected chi connectivity index (χ0v) is 9.92. The number of piperidine rings is 1. The second-order valence-electron chi connectivity index (χ2n) is 4.33. The van der Waals surface area contributed by atoms with Gasteiger partial charge in [-0.25, -0.2) is 4.79 Å². The Morgan fingerprint density at radius 2 is 2.25 bits per heavy atom. The number of thioether (sulfide) groups is 1. The molecule has 0 bridgehead atoms. The fraction of sp³-hybridized carbons (Fsp3) is 0.636. The van der Waals surface area contributed by atoms with E-state index in [0.717, 1.165) is 48.9 Å². The Balaban J connectivity index is 1.96. The van der Waals surface area contributed by atoms with Crippen molar-refractivity contribution < 1.29 is 0 Å². The van der Waals surface area contributed by atoms with E-state index in [1.165, 1.54) is 0 Å². The molecule has 1 aromatic rings. The van der Waals surface area contributed by atoms with E-state index < -0.39 is 0 Å². The quantitative estimate of drug-likeness (QED) is 0.735. The largest absolute Gasteiger partial charge is 0.348 e. The van der Waals surface area contributed by atoms with Crippen LogP contribution < -0.4 is 11.0 Å². The highest BCUT2D eigenvalue weighted by atomic mass is 32.2. The first-order chi connectivity index (χ1) is 7.84. The summed E-state index contributed by atoms with van der Waals surface area (Å²) in [6, 6.07) is 2.12. The lowest BCUT2D eigenvalue weighted by Gasteiger charge is -2.22. The van der Waals surface area contributed by atoms with E-state index in [9.17, 15) is 4.79 Å². The Morgan fingerprint density at radius 3 is 3.06 bits per heavy atom. The summed E-state index contributed by atoms with van der Waals surface area (Å²) >= 11 is 1.77. The van der Waals surface area contributed by atoms with Crippen molar-refractivity contribution in [1.29, 1.82) is 0 Å². The van der Waals surface area contributed by atoms with Gasteiger partial charge in [0.15, 0.2) is 0 Å². The van der Waals surface area contributed by atoms with E-state index >= 15 is 0 Å². The third-order valence-corrected chi connectivity index (χ3v) is 4.34. The first-order valence-electron chi connectivity index (χ1n) is 5.80. The Hall–Kier alpha value is -0.810. The third-order valence-electron chi connectivity index (χ3n) is 3.32. The second kappa shape index (κ2) is 4.22. The average molecular weight is 237 g/mol. The lowest BCUT2D eigenvalue weighted by molar-refractivity contribution is 0.448. The van der Waals surface area contributed by atoms with Crippen LogP contribution in [0.15, 0.2) is 15.9 Å². The number of hydrogen-bond donors (Lipinski definition) is 1. The van der Waals surface area contributed by atoms with Crippen LogP contribution in [0.2, 0.25) is 0 Å². The minimum atomic E-state index is -0.0592. The molecule has 4 nitrogen and oxygen atoms in total. The van der Waals surface area contributed by atoms with Crippen molar-refractivity contribution in [3.63, 3.8) is 0 Å². The molecular formula is C11H15N3OS. The average Bonchev–Trinajstić information content (AvgIpc) is 2.79. The van der Waals surface area contributed by atoms with Gasteiger partial charge < -0.3 is 5.32 Å². The maximum atomic E-state index is 11.8. The van der Waals surface area contributed by atoms with Gasteiger partial charge in [0.1, 0.15) is 0 Å². The van der Waals surface area contributed by atoms with Crippen molar-refractivity contribution in [3.8, 4) is 0 Å². The zero-order valence-electron chi connectivity index (χ0n) is 9.11. The molecule has 0 unspecified atom stereocenters. The first kappa shape index (κ1) is 10.4. The number of aromatic nitrogens is 2. The number of nitrogens with zero attached hydrogens (tertiary/aromatic N) is 2. The van der Waals surface area contributed by atoms with Gasteiger partial charge in [-0.1, -0.05) is 0 Å². The van der Waals surface area contributed by atoms with Crippen LogP contribution >= 0.6 is 11.8 Å². The SMILES string of the molecule is O=c1nc(C2CCNCC2)cc2n1CCS2. The van der Waals surface area contributed by atoms with Crippen molar-refractivity contribution in [3.05, 3.63) is 22.2 Å². The van der Waals surface area contributed by atoms with Crippen molar-refractivity contribution in [1.82, 2.24) is 14.9 Å². The number of fused-ring (bicyclic) bond motifs is 1. The predicted molar refractivity (Wildman–Crippen MR) is 64.1 cm³/mol. The highest BCUT2D eigenvalue weighted by Gasteiger charge is 2.21.